The van der Waals surface area contributed by atoms with E-state index >= 15 is 0 Å². The van der Waals surface area contributed by atoms with E-state index in [9.17, 15) is 9.59 Å². The molecular formula is C28H25Br2ClN4O4. The molecule has 1 aromatic heterocycles. The molecule has 0 spiro atoms. The normalized spacial score (nSPS) is 12.1. The van der Waals surface area contributed by atoms with Gasteiger partial charge in [0, 0.05) is 31.1 Å². The second kappa shape index (κ2) is 12.8. The maximum atomic E-state index is 13.5. The van der Waals surface area contributed by atoms with Gasteiger partial charge >= 0.3 is 0 Å². The molecule has 0 saturated carbocycles. The molecule has 0 aliphatic carbocycles. The van der Waals surface area contributed by atoms with Crippen molar-refractivity contribution in [2.45, 2.75) is 26.2 Å². The number of amides is 1. The zero-order valence-corrected chi connectivity index (χ0v) is 25.3. The summed E-state index contributed by atoms with van der Waals surface area (Å²) in [5, 5.41) is 8.30. The van der Waals surface area contributed by atoms with Gasteiger partial charge in [0.05, 0.1) is 24.2 Å². The van der Waals surface area contributed by atoms with Crippen molar-refractivity contribution in [3.8, 4) is 11.5 Å². The molecule has 4 rings (SSSR count). The van der Waals surface area contributed by atoms with Crippen LogP contribution >= 0.6 is 43.5 Å². The Morgan fingerprint density at radius 2 is 1.90 bits per heavy atom. The number of halogens is 3. The molecule has 11 heteroatoms. The summed E-state index contributed by atoms with van der Waals surface area (Å²) in [4.78, 5) is 30.8. The number of carbonyl (C=O) groups excluding carboxylic acids is 1. The quantitative estimate of drug-likeness (QED) is 0.193. The van der Waals surface area contributed by atoms with Gasteiger partial charge < -0.3 is 14.8 Å². The summed E-state index contributed by atoms with van der Waals surface area (Å²) in [5.41, 5.74) is 1.39. The Bertz CT molecular complexity index is 1610. The van der Waals surface area contributed by atoms with Gasteiger partial charge in [0.2, 0.25) is 0 Å². The molecule has 3 aromatic carbocycles. The third-order valence-electron chi connectivity index (χ3n) is 5.94. The highest BCUT2D eigenvalue weighted by Gasteiger charge is 2.17. The van der Waals surface area contributed by atoms with Gasteiger partial charge in [0.1, 0.15) is 5.82 Å². The van der Waals surface area contributed by atoms with Crippen molar-refractivity contribution in [3.63, 3.8) is 0 Å². The highest BCUT2D eigenvalue weighted by Crippen LogP contribution is 2.34. The standard InChI is InChI=1S/C28H25Br2ClN4O4/c1-4-16(2)27-34-23-10-5-18(29)12-22(23)28(37)35(27)32-14-17-11-19(30)13-24(38-3)26(17)39-15-25(36)33-21-8-6-20(31)7-9-21/h5-14,16H,4,15H2,1-3H3,(H,33,36)/t16-/m1/s1. The molecule has 1 heterocycles. The van der Waals surface area contributed by atoms with E-state index in [4.69, 9.17) is 26.1 Å². The lowest BCUT2D eigenvalue weighted by atomic mass is 10.1. The minimum atomic E-state index is -0.371. The number of nitrogens with zero attached hydrogens (tertiary/aromatic N) is 3. The molecule has 1 N–H and O–H groups in total. The highest BCUT2D eigenvalue weighted by molar-refractivity contribution is 9.10. The van der Waals surface area contributed by atoms with Crippen LogP contribution in [0.3, 0.4) is 0 Å². The van der Waals surface area contributed by atoms with Crippen molar-refractivity contribution in [2.24, 2.45) is 5.10 Å². The number of benzene rings is 3. The number of methoxy groups -OCH3 is 1. The molecule has 0 saturated heterocycles. The SMILES string of the molecule is CC[C@@H](C)c1nc2ccc(Br)cc2c(=O)n1N=Cc1cc(Br)cc(OC)c1OCC(=O)Nc1ccc(Cl)cc1. The van der Waals surface area contributed by atoms with Crippen molar-refractivity contribution in [1.82, 2.24) is 9.66 Å². The second-order valence-corrected chi connectivity index (χ2v) is 10.9. The third kappa shape index (κ3) is 6.87. The minimum Gasteiger partial charge on any atom is -0.493 e. The number of fused-ring (bicyclic) bond motifs is 1. The lowest BCUT2D eigenvalue weighted by Crippen LogP contribution is -2.24. The van der Waals surface area contributed by atoms with Crippen LogP contribution in [0, 0.1) is 0 Å². The van der Waals surface area contributed by atoms with E-state index < -0.39 is 0 Å². The first-order chi connectivity index (χ1) is 18.7. The van der Waals surface area contributed by atoms with Crippen LogP contribution < -0.4 is 20.3 Å². The molecule has 0 bridgehead atoms. The number of anilines is 1. The summed E-state index contributed by atoms with van der Waals surface area (Å²) < 4.78 is 14.2. The number of carbonyl (C=O) groups is 1. The minimum absolute atomic E-state index is 0.0211. The fourth-order valence-corrected chi connectivity index (χ4v) is 4.70. The molecule has 0 fully saturated rings. The van der Waals surface area contributed by atoms with Crippen LogP contribution in [-0.4, -0.2) is 35.5 Å². The predicted octanol–water partition coefficient (Wildman–Crippen LogP) is 7.00. The average Bonchev–Trinajstić information content (AvgIpc) is 2.92. The van der Waals surface area contributed by atoms with Crippen LogP contribution in [0.15, 0.2) is 73.4 Å². The van der Waals surface area contributed by atoms with Crippen LogP contribution in [0.25, 0.3) is 10.9 Å². The number of hydrogen-bond donors (Lipinski definition) is 1. The lowest BCUT2D eigenvalue weighted by Gasteiger charge is -2.15. The van der Waals surface area contributed by atoms with Gasteiger partial charge in [-0.1, -0.05) is 57.3 Å². The second-order valence-electron chi connectivity index (χ2n) is 8.67. The summed E-state index contributed by atoms with van der Waals surface area (Å²) in [6, 6.07) is 15.6. The summed E-state index contributed by atoms with van der Waals surface area (Å²) in [6.45, 7) is 3.73. The maximum Gasteiger partial charge on any atom is 0.282 e. The molecule has 1 amide bonds. The summed E-state index contributed by atoms with van der Waals surface area (Å²) in [5.74, 6) is 0.836. The molecule has 202 valence electrons. The van der Waals surface area contributed by atoms with E-state index in [0.717, 1.165) is 10.9 Å². The topological polar surface area (TPSA) is 94.8 Å². The van der Waals surface area contributed by atoms with Gasteiger partial charge in [-0.3, -0.25) is 9.59 Å². The smallest absolute Gasteiger partial charge is 0.282 e. The Morgan fingerprint density at radius 3 is 2.59 bits per heavy atom. The Labute approximate surface area is 247 Å². The Balaban J connectivity index is 1.70. The van der Waals surface area contributed by atoms with Crippen molar-refractivity contribution in [2.75, 3.05) is 19.0 Å². The fraction of sp³-hybridized carbons (Fsp3) is 0.214. The molecule has 0 aliphatic heterocycles. The van der Waals surface area contributed by atoms with Gasteiger partial charge in [-0.05, 0) is 61.0 Å². The summed E-state index contributed by atoms with van der Waals surface area (Å²) in [7, 11) is 1.50. The van der Waals surface area contributed by atoms with Crippen LogP contribution in [0.2, 0.25) is 5.02 Å². The van der Waals surface area contributed by atoms with Gasteiger partial charge in [-0.15, -0.1) is 0 Å². The van der Waals surface area contributed by atoms with Gasteiger partial charge in [-0.2, -0.15) is 9.78 Å². The first kappa shape index (κ1) is 28.8. The van der Waals surface area contributed by atoms with E-state index in [1.165, 1.54) is 18.0 Å². The number of ether oxygens (including phenoxy) is 2. The van der Waals surface area contributed by atoms with Crippen molar-refractivity contribution < 1.29 is 14.3 Å². The van der Waals surface area contributed by atoms with Gasteiger partial charge in [0.25, 0.3) is 11.5 Å². The first-order valence-electron chi connectivity index (χ1n) is 12.0. The van der Waals surface area contributed by atoms with Crippen LogP contribution in [-0.2, 0) is 4.79 Å². The largest absolute Gasteiger partial charge is 0.493 e. The molecule has 8 nitrogen and oxygen atoms in total. The van der Waals surface area contributed by atoms with E-state index in [1.807, 2.05) is 19.9 Å². The summed E-state index contributed by atoms with van der Waals surface area (Å²) >= 11 is 12.8. The van der Waals surface area contributed by atoms with E-state index in [1.54, 1.807) is 48.5 Å². The van der Waals surface area contributed by atoms with Crippen LogP contribution in [0.4, 0.5) is 5.69 Å². The summed E-state index contributed by atoms with van der Waals surface area (Å²) in [6.07, 6.45) is 2.27. The number of hydrogen-bond acceptors (Lipinski definition) is 6. The van der Waals surface area contributed by atoms with Crippen LogP contribution in [0.5, 0.6) is 11.5 Å². The molecule has 0 unspecified atom stereocenters. The molecule has 4 aromatic rings. The van der Waals surface area contributed by atoms with E-state index in [2.05, 4.69) is 42.3 Å². The van der Waals surface area contributed by atoms with E-state index in [0.29, 0.717) is 49.0 Å². The Kier molecular flexibility index (Phi) is 9.42. The zero-order chi connectivity index (χ0) is 28.1. The fourth-order valence-electron chi connectivity index (χ4n) is 3.76. The number of rotatable bonds is 9. The predicted molar refractivity (Wildman–Crippen MR) is 162 cm³/mol. The monoisotopic (exact) mass is 674 g/mol. The Hall–Kier alpha value is -3.21. The van der Waals surface area contributed by atoms with Crippen molar-refractivity contribution >= 4 is 72.2 Å². The first-order valence-corrected chi connectivity index (χ1v) is 14.0. The molecule has 0 radical (unpaired) electrons. The van der Waals surface area contributed by atoms with Gasteiger partial charge in [0.15, 0.2) is 18.1 Å². The van der Waals surface area contributed by atoms with Gasteiger partial charge in [-0.25, -0.2) is 4.98 Å². The third-order valence-corrected chi connectivity index (χ3v) is 7.15. The zero-order valence-electron chi connectivity index (χ0n) is 21.4. The highest BCUT2D eigenvalue weighted by atomic mass is 79.9. The van der Waals surface area contributed by atoms with Crippen LogP contribution in [0.1, 0.15) is 37.6 Å². The maximum absolute atomic E-state index is 13.5. The molecule has 39 heavy (non-hydrogen) atoms. The number of aromatic nitrogens is 2. The molecule has 0 aliphatic rings. The van der Waals surface area contributed by atoms with E-state index in [-0.39, 0.29) is 24.0 Å². The lowest BCUT2D eigenvalue weighted by molar-refractivity contribution is -0.118. The van der Waals surface area contributed by atoms with Crippen molar-refractivity contribution in [1.29, 1.82) is 0 Å². The van der Waals surface area contributed by atoms with Crippen molar-refractivity contribution in [3.05, 3.63) is 90.3 Å². The molecular weight excluding hydrogens is 652 g/mol. The Morgan fingerprint density at radius 1 is 1.15 bits per heavy atom. The molecule has 1 atom stereocenters. The number of nitrogens with one attached hydrogen (secondary N) is 1. The average molecular weight is 677 g/mol.